The predicted molar refractivity (Wildman–Crippen MR) is 83.9 cm³/mol. The molecule has 0 atom stereocenters. The second-order valence-electron chi connectivity index (χ2n) is 5.42. The minimum Gasteiger partial charge on any atom is -0.392 e. The number of aliphatic hydroxyl groups excluding tert-OH is 1. The third kappa shape index (κ3) is 4.12. The number of anilines is 1. The van der Waals surface area contributed by atoms with Crippen molar-refractivity contribution in [2.24, 2.45) is 5.92 Å². The number of hydrogen-bond donors (Lipinski definition) is 1. The summed E-state index contributed by atoms with van der Waals surface area (Å²) in [5.74, 6) is 0.559. The van der Waals surface area contributed by atoms with Crippen molar-refractivity contribution in [1.82, 2.24) is 0 Å². The van der Waals surface area contributed by atoms with Gasteiger partial charge >= 0.3 is 0 Å². The summed E-state index contributed by atoms with van der Waals surface area (Å²) >= 11 is 6.39. The maximum Gasteiger partial charge on any atom is 0.0702 e. The fourth-order valence-corrected chi connectivity index (χ4v) is 2.86. The van der Waals surface area contributed by atoms with Gasteiger partial charge in [-0.05, 0) is 24.8 Å². The summed E-state index contributed by atoms with van der Waals surface area (Å²) in [5, 5.41) is 10.3. The average Bonchev–Trinajstić information content (AvgIpc) is 2.38. The molecule has 0 fully saturated rings. The molecule has 0 spiro atoms. The van der Waals surface area contributed by atoms with E-state index < -0.39 is 0 Å². The van der Waals surface area contributed by atoms with Gasteiger partial charge in [-0.1, -0.05) is 51.4 Å². The molecule has 0 unspecified atom stereocenters. The Hall–Kier alpha value is -0.730. The Morgan fingerprint density at radius 2 is 1.84 bits per heavy atom. The molecule has 0 aliphatic rings. The third-order valence-corrected chi connectivity index (χ3v) is 3.78. The Labute approximate surface area is 122 Å². The van der Waals surface area contributed by atoms with E-state index in [2.05, 4.69) is 32.6 Å². The van der Waals surface area contributed by atoms with Gasteiger partial charge in [0.15, 0.2) is 0 Å². The fraction of sp³-hybridized carbons (Fsp3) is 0.625. The van der Waals surface area contributed by atoms with Gasteiger partial charge in [-0.15, -0.1) is 0 Å². The lowest BCUT2D eigenvalue weighted by Crippen LogP contribution is -2.38. The largest absolute Gasteiger partial charge is 0.392 e. The van der Waals surface area contributed by atoms with E-state index in [9.17, 15) is 5.11 Å². The molecule has 2 nitrogen and oxygen atoms in total. The Bertz CT molecular complexity index is 388. The van der Waals surface area contributed by atoms with Crippen molar-refractivity contribution >= 4 is 17.3 Å². The molecule has 0 saturated carbocycles. The molecule has 1 rings (SSSR count). The first-order valence-electron chi connectivity index (χ1n) is 7.19. The first-order chi connectivity index (χ1) is 9.04. The Balaban J connectivity index is 3.23. The van der Waals surface area contributed by atoms with Crippen molar-refractivity contribution in [2.75, 3.05) is 11.4 Å². The van der Waals surface area contributed by atoms with Crippen LogP contribution in [-0.2, 0) is 6.61 Å². The number of halogens is 1. The molecule has 0 saturated heterocycles. The van der Waals surface area contributed by atoms with E-state index in [0.29, 0.717) is 12.0 Å². The monoisotopic (exact) mass is 283 g/mol. The van der Waals surface area contributed by atoms with Crippen LogP contribution in [0.15, 0.2) is 18.2 Å². The SMILES string of the molecule is CCC(CC)N(CC(C)C)c1c(Cl)cccc1CO. The number of rotatable bonds is 7. The van der Waals surface area contributed by atoms with E-state index in [1.165, 1.54) is 0 Å². The second kappa shape index (κ2) is 7.76. The average molecular weight is 284 g/mol. The Kier molecular flexibility index (Phi) is 6.67. The lowest BCUT2D eigenvalue weighted by molar-refractivity contribution is 0.281. The van der Waals surface area contributed by atoms with E-state index in [1.54, 1.807) is 0 Å². The van der Waals surface area contributed by atoms with Gasteiger partial charge in [0, 0.05) is 18.2 Å². The fourth-order valence-electron chi connectivity index (χ4n) is 2.56. The molecule has 19 heavy (non-hydrogen) atoms. The predicted octanol–water partition coefficient (Wildman–Crippen LogP) is 4.48. The summed E-state index contributed by atoms with van der Waals surface area (Å²) < 4.78 is 0. The molecule has 0 aromatic heterocycles. The molecular formula is C16H26ClNO. The maximum absolute atomic E-state index is 9.57. The lowest BCUT2D eigenvalue weighted by atomic mass is 10.0. The van der Waals surface area contributed by atoms with Crippen molar-refractivity contribution in [2.45, 2.75) is 53.2 Å². The highest BCUT2D eigenvalue weighted by Crippen LogP contribution is 2.33. The first-order valence-corrected chi connectivity index (χ1v) is 7.57. The Morgan fingerprint density at radius 1 is 1.21 bits per heavy atom. The van der Waals surface area contributed by atoms with Crippen LogP contribution in [0, 0.1) is 5.92 Å². The molecule has 0 aliphatic heterocycles. The second-order valence-corrected chi connectivity index (χ2v) is 5.83. The smallest absolute Gasteiger partial charge is 0.0702 e. The highest BCUT2D eigenvalue weighted by Gasteiger charge is 2.21. The van der Waals surface area contributed by atoms with Crippen LogP contribution in [-0.4, -0.2) is 17.7 Å². The molecule has 0 aliphatic carbocycles. The maximum atomic E-state index is 9.57. The molecule has 0 bridgehead atoms. The van der Waals surface area contributed by atoms with Gasteiger partial charge in [-0.25, -0.2) is 0 Å². The number of benzene rings is 1. The van der Waals surface area contributed by atoms with Crippen LogP contribution in [0.1, 0.15) is 46.1 Å². The van der Waals surface area contributed by atoms with Gasteiger partial charge in [-0.2, -0.15) is 0 Å². The van der Waals surface area contributed by atoms with Gasteiger partial charge in [-0.3, -0.25) is 0 Å². The first kappa shape index (κ1) is 16.3. The summed E-state index contributed by atoms with van der Waals surface area (Å²) in [7, 11) is 0. The number of nitrogens with zero attached hydrogens (tertiary/aromatic N) is 1. The van der Waals surface area contributed by atoms with Gasteiger partial charge in [0.05, 0.1) is 17.3 Å². The molecule has 0 radical (unpaired) electrons. The Morgan fingerprint density at radius 3 is 2.32 bits per heavy atom. The summed E-state index contributed by atoms with van der Waals surface area (Å²) in [6, 6.07) is 6.23. The van der Waals surface area contributed by atoms with Crippen LogP contribution in [0.4, 0.5) is 5.69 Å². The number of aliphatic hydroxyl groups is 1. The standard InChI is InChI=1S/C16H26ClNO/c1-5-14(6-2)18(10-12(3)4)16-13(11-19)8-7-9-15(16)17/h7-9,12,14,19H,5-6,10-11H2,1-4H3. The third-order valence-electron chi connectivity index (χ3n) is 3.47. The zero-order chi connectivity index (χ0) is 14.4. The number of para-hydroxylation sites is 1. The lowest BCUT2D eigenvalue weighted by Gasteiger charge is -2.36. The quantitative estimate of drug-likeness (QED) is 0.797. The molecule has 0 heterocycles. The van der Waals surface area contributed by atoms with Gasteiger partial charge in [0.2, 0.25) is 0 Å². The normalized spacial score (nSPS) is 11.4. The summed E-state index contributed by atoms with van der Waals surface area (Å²) in [6.45, 7) is 9.83. The molecule has 0 amide bonds. The summed E-state index contributed by atoms with van der Waals surface area (Å²) in [6.07, 6.45) is 2.17. The highest BCUT2D eigenvalue weighted by atomic mass is 35.5. The minimum absolute atomic E-state index is 0.0324. The van der Waals surface area contributed by atoms with Gasteiger partial charge in [0.25, 0.3) is 0 Å². The molecule has 108 valence electrons. The van der Waals surface area contributed by atoms with Gasteiger partial charge in [0.1, 0.15) is 0 Å². The summed E-state index contributed by atoms with van der Waals surface area (Å²) in [4.78, 5) is 2.37. The summed E-state index contributed by atoms with van der Waals surface area (Å²) in [5.41, 5.74) is 1.93. The van der Waals surface area contributed by atoms with Crippen LogP contribution in [0.5, 0.6) is 0 Å². The van der Waals surface area contributed by atoms with Crippen LogP contribution < -0.4 is 4.90 Å². The molecule has 1 N–H and O–H groups in total. The minimum atomic E-state index is 0.0324. The highest BCUT2D eigenvalue weighted by molar-refractivity contribution is 6.33. The van der Waals surface area contributed by atoms with Gasteiger partial charge < -0.3 is 10.0 Å². The van der Waals surface area contributed by atoms with E-state index in [-0.39, 0.29) is 6.61 Å². The topological polar surface area (TPSA) is 23.5 Å². The molecule has 1 aromatic rings. The van der Waals surface area contributed by atoms with Crippen molar-refractivity contribution in [3.05, 3.63) is 28.8 Å². The van der Waals surface area contributed by atoms with Crippen molar-refractivity contribution in [1.29, 1.82) is 0 Å². The van der Waals surface area contributed by atoms with Crippen molar-refractivity contribution in [3.8, 4) is 0 Å². The molecular weight excluding hydrogens is 258 g/mol. The van der Waals surface area contributed by atoms with Crippen molar-refractivity contribution < 1.29 is 5.11 Å². The zero-order valence-electron chi connectivity index (χ0n) is 12.5. The van der Waals surface area contributed by atoms with E-state index in [1.807, 2.05) is 18.2 Å². The van der Waals surface area contributed by atoms with E-state index >= 15 is 0 Å². The van der Waals surface area contributed by atoms with Crippen LogP contribution in [0.2, 0.25) is 5.02 Å². The molecule has 3 heteroatoms. The molecule has 1 aromatic carbocycles. The number of hydrogen-bond acceptors (Lipinski definition) is 2. The van der Waals surface area contributed by atoms with Crippen molar-refractivity contribution in [3.63, 3.8) is 0 Å². The van der Waals surface area contributed by atoms with E-state index in [0.717, 1.165) is 35.7 Å². The van der Waals surface area contributed by atoms with Crippen LogP contribution in [0.25, 0.3) is 0 Å². The van der Waals surface area contributed by atoms with Crippen LogP contribution >= 0.6 is 11.6 Å². The van der Waals surface area contributed by atoms with E-state index in [4.69, 9.17) is 11.6 Å². The zero-order valence-corrected chi connectivity index (χ0v) is 13.2. The van der Waals surface area contributed by atoms with Crippen LogP contribution in [0.3, 0.4) is 0 Å².